The molecule has 8 aromatic rings. The van der Waals surface area contributed by atoms with E-state index in [1.807, 2.05) is 30.3 Å². The van der Waals surface area contributed by atoms with Crippen molar-refractivity contribution in [2.75, 3.05) is 0 Å². The summed E-state index contributed by atoms with van der Waals surface area (Å²) >= 11 is 0. The number of nitriles is 1. The molecule has 0 aliphatic heterocycles. The molecule has 0 radical (unpaired) electrons. The number of hydrogen-bond acceptors (Lipinski definition) is 1. The number of aromatic nitrogens is 2. The second-order valence-corrected chi connectivity index (χ2v) is 10.9. The van der Waals surface area contributed by atoms with Gasteiger partial charge in [0, 0.05) is 27.5 Å². The van der Waals surface area contributed by atoms with E-state index in [0.717, 1.165) is 55.3 Å². The minimum Gasteiger partial charge on any atom is -0.309 e. The Morgan fingerprint density at radius 2 is 1.23 bits per heavy atom. The minimum atomic E-state index is 0.606. The van der Waals surface area contributed by atoms with Gasteiger partial charge in [0.25, 0.3) is 0 Å². The molecule has 0 aliphatic carbocycles. The van der Waals surface area contributed by atoms with Crippen LogP contribution in [0, 0.1) is 24.8 Å². The van der Waals surface area contributed by atoms with Gasteiger partial charge in [0.05, 0.1) is 40.3 Å². The van der Waals surface area contributed by atoms with Crippen LogP contribution in [0.5, 0.6) is 0 Å². The second-order valence-electron chi connectivity index (χ2n) is 10.9. The molecule has 6 aromatic carbocycles. The lowest BCUT2D eigenvalue weighted by Gasteiger charge is -2.12. The fourth-order valence-corrected chi connectivity index (χ4v) is 6.54. The molecular formula is C39H24N4. The van der Waals surface area contributed by atoms with Crippen LogP contribution >= 0.6 is 0 Å². The molecule has 0 aliphatic rings. The lowest BCUT2D eigenvalue weighted by Crippen LogP contribution is -1.97. The van der Waals surface area contributed by atoms with Crippen LogP contribution < -0.4 is 0 Å². The maximum atomic E-state index is 10.4. The molecule has 4 nitrogen and oxygen atoms in total. The van der Waals surface area contributed by atoms with Gasteiger partial charge in [-0.15, -0.1) is 0 Å². The van der Waals surface area contributed by atoms with E-state index in [-0.39, 0.29) is 0 Å². The van der Waals surface area contributed by atoms with E-state index >= 15 is 0 Å². The maximum Gasteiger partial charge on any atom is 0.188 e. The number of rotatable bonds is 3. The Labute approximate surface area is 248 Å². The predicted octanol–water partition coefficient (Wildman–Crippen LogP) is 10.3. The third kappa shape index (κ3) is 3.68. The molecule has 0 saturated carbocycles. The van der Waals surface area contributed by atoms with Gasteiger partial charge in [-0.2, -0.15) is 5.26 Å². The highest BCUT2D eigenvalue weighted by atomic mass is 15.0. The van der Waals surface area contributed by atoms with Crippen molar-refractivity contribution < 1.29 is 0 Å². The van der Waals surface area contributed by atoms with Gasteiger partial charge in [-0.25, -0.2) is 4.85 Å². The monoisotopic (exact) mass is 548 g/mol. The van der Waals surface area contributed by atoms with Crippen LogP contribution in [-0.2, 0) is 0 Å². The van der Waals surface area contributed by atoms with Crippen molar-refractivity contribution in [1.29, 1.82) is 5.26 Å². The fourth-order valence-electron chi connectivity index (χ4n) is 6.54. The molecule has 0 N–H and O–H groups in total. The maximum absolute atomic E-state index is 10.4. The molecule has 0 bridgehead atoms. The van der Waals surface area contributed by atoms with Crippen LogP contribution in [0.25, 0.3) is 71.0 Å². The van der Waals surface area contributed by atoms with Crippen molar-refractivity contribution >= 4 is 49.3 Å². The lowest BCUT2D eigenvalue weighted by atomic mass is 9.97. The molecule has 0 saturated heterocycles. The van der Waals surface area contributed by atoms with E-state index in [4.69, 9.17) is 6.57 Å². The normalized spacial score (nSPS) is 11.3. The topological polar surface area (TPSA) is 38.0 Å². The summed E-state index contributed by atoms with van der Waals surface area (Å²) in [6.45, 7) is 9.74. The highest BCUT2D eigenvalue weighted by Crippen LogP contribution is 2.39. The Hall–Kier alpha value is -6.10. The van der Waals surface area contributed by atoms with Crippen molar-refractivity contribution in [2.24, 2.45) is 0 Å². The molecule has 8 rings (SSSR count). The first-order valence-corrected chi connectivity index (χ1v) is 14.2. The third-order valence-electron chi connectivity index (χ3n) is 8.51. The average Bonchev–Trinajstić information content (AvgIpc) is 3.57. The average molecular weight is 549 g/mol. The van der Waals surface area contributed by atoms with Gasteiger partial charge >= 0.3 is 0 Å². The summed E-state index contributed by atoms with van der Waals surface area (Å²) in [4.78, 5) is 3.71. The Morgan fingerprint density at radius 3 is 1.93 bits per heavy atom. The highest BCUT2D eigenvalue weighted by molar-refractivity contribution is 6.12. The molecule has 2 heterocycles. The van der Waals surface area contributed by atoms with Crippen LogP contribution in [0.4, 0.5) is 5.69 Å². The smallest absolute Gasteiger partial charge is 0.188 e. The van der Waals surface area contributed by atoms with Gasteiger partial charge in [-0.3, -0.25) is 0 Å². The van der Waals surface area contributed by atoms with Crippen molar-refractivity contribution in [3.8, 4) is 28.6 Å². The standard InChI is InChI=1S/C39H24N4/c1-25-9-3-6-12-35(25)43-38-19-15-26(22-33(38)34-23-28(41-2)16-20-39(34)43)30-18-17-29(21-27(30)24-40)42-36-13-7-4-10-31(36)32-11-5-8-14-37(32)42/h3-23H,1H3. The Morgan fingerprint density at radius 1 is 0.605 bits per heavy atom. The molecule has 4 heteroatoms. The van der Waals surface area contributed by atoms with E-state index < -0.39 is 0 Å². The molecule has 0 spiro atoms. The molecule has 0 fully saturated rings. The van der Waals surface area contributed by atoms with Gasteiger partial charge < -0.3 is 9.13 Å². The molecule has 2 aromatic heterocycles. The summed E-state index contributed by atoms with van der Waals surface area (Å²) < 4.78 is 4.51. The number of hydrogen-bond donors (Lipinski definition) is 0. The molecular weight excluding hydrogens is 524 g/mol. The van der Waals surface area contributed by atoms with Crippen LogP contribution in [0.2, 0.25) is 0 Å². The van der Waals surface area contributed by atoms with Gasteiger partial charge in [0.1, 0.15) is 0 Å². The van der Waals surface area contributed by atoms with Gasteiger partial charge in [-0.1, -0.05) is 72.8 Å². The van der Waals surface area contributed by atoms with Crippen molar-refractivity contribution in [3.05, 3.63) is 150 Å². The fraction of sp³-hybridized carbons (Fsp3) is 0.0256. The summed E-state index contributed by atoms with van der Waals surface area (Å²) in [6, 6.07) is 46.1. The van der Waals surface area contributed by atoms with Crippen molar-refractivity contribution in [1.82, 2.24) is 9.13 Å². The van der Waals surface area contributed by atoms with E-state index in [1.54, 1.807) is 0 Å². The molecule has 0 amide bonds. The summed E-state index contributed by atoms with van der Waals surface area (Å²) in [6.07, 6.45) is 0. The summed E-state index contributed by atoms with van der Waals surface area (Å²) in [5.41, 5.74) is 10.7. The SMILES string of the molecule is [C-]#[N+]c1ccc2c(c1)c1cc(-c3ccc(-n4c5ccccc5c5ccccc54)cc3C#N)ccc1n2-c1ccccc1C. The first-order valence-electron chi connectivity index (χ1n) is 14.2. The van der Waals surface area contributed by atoms with Crippen LogP contribution in [0.3, 0.4) is 0 Å². The zero-order valence-corrected chi connectivity index (χ0v) is 23.4. The molecule has 0 unspecified atom stereocenters. The summed E-state index contributed by atoms with van der Waals surface area (Å²) in [7, 11) is 0. The third-order valence-corrected chi connectivity index (χ3v) is 8.51. The summed E-state index contributed by atoms with van der Waals surface area (Å²) in [5, 5.41) is 14.8. The largest absolute Gasteiger partial charge is 0.309 e. The number of nitrogens with zero attached hydrogens (tertiary/aromatic N) is 4. The van der Waals surface area contributed by atoms with E-state index in [1.165, 1.54) is 16.3 Å². The zero-order chi connectivity index (χ0) is 29.1. The number of benzene rings is 6. The Kier molecular flexibility index (Phi) is 5.44. The predicted molar refractivity (Wildman–Crippen MR) is 176 cm³/mol. The second kappa shape index (κ2) is 9.48. The van der Waals surface area contributed by atoms with E-state index in [0.29, 0.717) is 11.3 Å². The van der Waals surface area contributed by atoms with Crippen LogP contribution in [0.15, 0.2) is 127 Å². The highest BCUT2D eigenvalue weighted by Gasteiger charge is 2.17. The van der Waals surface area contributed by atoms with Crippen molar-refractivity contribution in [2.45, 2.75) is 6.92 Å². The first kappa shape index (κ1) is 24.7. The zero-order valence-electron chi connectivity index (χ0n) is 23.4. The van der Waals surface area contributed by atoms with Crippen LogP contribution in [0.1, 0.15) is 11.1 Å². The number of fused-ring (bicyclic) bond motifs is 6. The van der Waals surface area contributed by atoms with Gasteiger partial charge in [0.2, 0.25) is 0 Å². The van der Waals surface area contributed by atoms with E-state index in [9.17, 15) is 5.26 Å². The van der Waals surface area contributed by atoms with Crippen molar-refractivity contribution in [3.63, 3.8) is 0 Å². The minimum absolute atomic E-state index is 0.606. The first-order chi connectivity index (χ1) is 21.2. The summed E-state index contributed by atoms with van der Waals surface area (Å²) in [5.74, 6) is 0. The quantitative estimate of drug-likeness (QED) is 0.202. The van der Waals surface area contributed by atoms with Gasteiger partial charge in [0.15, 0.2) is 5.69 Å². The van der Waals surface area contributed by atoms with Crippen LogP contribution in [-0.4, -0.2) is 9.13 Å². The number of para-hydroxylation sites is 3. The molecule has 200 valence electrons. The lowest BCUT2D eigenvalue weighted by molar-refractivity contribution is 1.15. The Balaban J connectivity index is 1.35. The Bertz CT molecular complexity index is 2440. The van der Waals surface area contributed by atoms with Gasteiger partial charge in [-0.05, 0) is 83.6 Å². The van der Waals surface area contributed by atoms with E-state index in [2.05, 4.69) is 124 Å². The molecule has 43 heavy (non-hydrogen) atoms. The number of aryl methyl sites for hydroxylation is 1. The molecule has 0 atom stereocenters.